The molecule has 4 nitrogen and oxygen atoms in total. The van der Waals surface area contributed by atoms with E-state index >= 15 is 0 Å². The molecule has 2 fully saturated rings. The lowest BCUT2D eigenvalue weighted by Gasteiger charge is -2.30. The highest BCUT2D eigenvalue weighted by Crippen LogP contribution is 2.33. The minimum Gasteiger partial charge on any atom is -0.315 e. The van der Waals surface area contributed by atoms with Crippen molar-refractivity contribution in [2.75, 3.05) is 19.6 Å². The Morgan fingerprint density at radius 2 is 1.93 bits per heavy atom. The van der Waals surface area contributed by atoms with E-state index < -0.39 is 14.8 Å². The summed E-state index contributed by atoms with van der Waals surface area (Å²) >= 11 is 0. The molecule has 0 aromatic rings. The van der Waals surface area contributed by atoms with Crippen LogP contribution in [0.15, 0.2) is 0 Å². The fraction of sp³-hybridized carbons (Fsp3) is 1.00. The average Bonchev–Trinajstić information content (AvgIpc) is 2.58. The van der Waals surface area contributed by atoms with Crippen LogP contribution in [0.4, 0.5) is 0 Å². The number of nitrogens with one attached hydrogen (secondary N) is 1. The standard InChI is InChI=1S/C10H20N2O2S/c1-10(2,3)15(13,14)12-5-4-8-6-11-7-9(8)12/h8-9,11H,4-7H2,1-3H3/t8-,9+/m0/s1. The van der Waals surface area contributed by atoms with E-state index in [9.17, 15) is 8.42 Å². The van der Waals surface area contributed by atoms with Gasteiger partial charge in [0.1, 0.15) is 0 Å². The number of rotatable bonds is 1. The Kier molecular flexibility index (Phi) is 2.60. The summed E-state index contributed by atoms with van der Waals surface area (Å²) in [7, 11) is -3.14. The van der Waals surface area contributed by atoms with Crippen LogP contribution in [0.25, 0.3) is 0 Å². The van der Waals surface area contributed by atoms with Crippen molar-refractivity contribution in [2.45, 2.75) is 38.0 Å². The zero-order valence-electron chi connectivity index (χ0n) is 9.66. The zero-order valence-corrected chi connectivity index (χ0v) is 10.5. The van der Waals surface area contributed by atoms with Crippen molar-refractivity contribution >= 4 is 10.0 Å². The molecule has 5 heteroatoms. The zero-order chi connectivity index (χ0) is 11.3. The van der Waals surface area contributed by atoms with Gasteiger partial charge in [0.25, 0.3) is 0 Å². The first-order valence-electron chi connectivity index (χ1n) is 5.56. The summed E-state index contributed by atoms with van der Waals surface area (Å²) in [5.41, 5.74) is 0. The van der Waals surface area contributed by atoms with Crippen LogP contribution in [0.1, 0.15) is 27.2 Å². The Labute approximate surface area is 92.1 Å². The molecule has 0 radical (unpaired) electrons. The molecule has 88 valence electrons. The van der Waals surface area contributed by atoms with Gasteiger partial charge in [-0.25, -0.2) is 8.42 Å². The average molecular weight is 232 g/mol. The second-order valence-corrected chi connectivity index (χ2v) is 8.15. The van der Waals surface area contributed by atoms with Gasteiger partial charge < -0.3 is 5.32 Å². The lowest BCUT2D eigenvalue weighted by atomic mass is 10.1. The van der Waals surface area contributed by atoms with Crippen LogP contribution < -0.4 is 5.32 Å². The molecular formula is C10H20N2O2S. The summed E-state index contributed by atoms with van der Waals surface area (Å²) < 4.78 is 25.6. The maximum atomic E-state index is 12.3. The Balaban J connectivity index is 2.25. The normalized spacial score (nSPS) is 33.3. The quantitative estimate of drug-likeness (QED) is 0.712. The molecule has 0 unspecified atom stereocenters. The third-order valence-electron chi connectivity index (χ3n) is 3.48. The van der Waals surface area contributed by atoms with Crippen molar-refractivity contribution in [3.63, 3.8) is 0 Å². The molecule has 2 heterocycles. The second kappa shape index (κ2) is 3.43. The maximum absolute atomic E-state index is 12.3. The molecule has 0 aliphatic carbocycles. The minimum atomic E-state index is -3.14. The van der Waals surface area contributed by atoms with Crippen molar-refractivity contribution in [1.29, 1.82) is 0 Å². The van der Waals surface area contributed by atoms with Crippen molar-refractivity contribution in [1.82, 2.24) is 9.62 Å². The van der Waals surface area contributed by atoms with Gasteiger partial charge in [0.2, 0.25) is 10.0 Å². The molecule has 0 bridgehead atoms. The third kappa shape index (κ3) is 1.70. The molecule has 2 atom stereocenters. The summed E-state index contributed by atoms with van der Waals surface area (Å²) in [6, 6.07) is 0.203. The van der Waals surface area contributed by atoms with Crippen LogP contribution in [0, 0.1) is 5.92 Å². The molecule has 1 N–H and O–H groups in total. The molecule has 0 aromatic carbocycles. The van der Waals surface area contributed by atoms with E-state index in [0.717, 1.165) is 19.5 Å². The summed E-state index contributed by atoms with van der Waals surface area (Å²) in [5, 5.41) is 3.27. The van der Waals surface area contributed by atoms with Gasteiger partial charge in [-0.3, -0.25) is 0 Å². The molecular weight excluding hydrogens is 212 g/mol. The number of fused-ring (bicyclic) bond motifs is 1. The van der Waals surface area contributed by atoms with E-state index in [4.69, 9.17) is 0 Å². The van der Waals surface area contributed by atoms with E-state index in [-0.39, 0.29) is 6.04 Å². The van der Waals surface area contributed by atoms with Gasteiger partial charge in [0.15, 0.2) is 0 Å². The van der Waals surface area contributed by atoms with Gasteiger partial charge in [-0.1, -0.05) is 0 Å². The lowest BCUT2D eigenvalue weighted by molar-refractivity contribution is 0.369. The van der Waals surface area contributed by atoms with E-state index in [1.165, 1.54) is 0 Å². The first-order chi connectivity index (χ1) is 6.84. The predicted molar refractivity (Wildman–Crippen MR) is 60.1 cm³/mol. The number of sulfonamides is 1. The van der Waals surface area contributed by atoms with Crippen molar-refractivity contribution < 1.29 is 8.42 Å². The Hall–Kier alpha value is -0.130. The molecule has 2 aliphatic heterocycles. The van der Waals surface area contributed by atoms with Crippen molar-refractivity contribution in [2.24, 2.45) is 5.92 Å². The molecule has 2 saturated heterocycles. The van der Waals surface area contributed by atoms with Crippen LogP contribution in [0.3, 0.4) is 0 Å². The minimum absolute atomic E-state index is 0.203. The molecule has 0 amide bonds. The highest BCUT2D eigenvalue weighted by atomic mass is 32.2. The Bertz CT molecular complexity index is 345. The van der Waals surface area contributed by atoms with Crippen molar-refractivity contribution in [3.05, 3.63) is 0 Å². The van der Waals surface area contributed by atoms with Crippen LogP contribution in [0.5, 0.6) is 0 Å². The fourth-order valence-corrected chi connectivity index (χ4v) is 4.11. The van der Waals surface area contributed by atoms with E-state index in [0.29, 0.717) is 12.5 Å². The van der Waals surface area contributed by atoms with Crippen LogP contribution >= 0.6 is 0 Å². The molecule has 0 spiro atoms. The summed E-state index contributed by atoms with van der Waals surface area (Å²) in [6.45, 7) is 7.82. The molecule has 2 rings (SSSR count). The van der Waals surface area contributed by atoms with Crippen LogP contribution in [0.2, 0.25) is 0 Å². The second-order valence-electron chi connectivity index (χ2n) is 5.50. The number of nitrogens with zero attached hydrogens (tertiary/aromatic N) is 1. The van der Waals surface area contributed by atoms with Crippen LogP contribution in [-0.2, 0) is 10.0 Å². The summed E-state index contributed by atoms with van der Waals surface area (Å²) in [4.78, 5) is 0. The topological polar surface area (TPSA) is 49.4 Å². The predicted octanol–water partition coefficient (Wildman–Crippen LogP) is 0.408. The molecule has 15 heavy (non-hydrogen) atoms. The number of hydrogen-bond donors (Lipinski definition) is 1. The van der Waals surface area contributed by atoms with Crippen LogP contribution in [-0.4, -0.2) is 43.1 Å². The summed E-state index contributed by atoms with van der Waals surface area (Å²) in [5.74, 6) is 0.530. The first-order valence-corrected chi connectivity index (χ1v) is 7.00. The smallest absolute Gasteiger partial charge is 0.219 e. The molecule has 0 saturated carbocycles. The van der Waals surface area contributed by atoms with E-state index in [1.54, 1.807) is 25.1 Å². The van der Waals surface area contributed by atoms with Crippen molar-refractivity contribution in [3.8, 4) is 0 Å². The van der Waals surface area contributed by atoms with Gasteiger partial charge in [-0.2, -0.15) is 4.31 Å². The van der Waals surface area contributed by atoms with E-state index in [2.05, 4.69) is 5.32 Å². The maximum Gasteiger partial charge on any atom is 0.219 e. The molecule has 2 aliphatic rings. The molecule has 0 aromatic heterocycles. The Morgan fingerprint density at radius 3 is 2.53 bits per heavy atom. The van der Waals surface area contributed by atoms with Gasteiger partial charge in [-0.05, 0) is 39.7 Å². The van der Waals surface area contributed by atoms with E-state index in [1.807, 2.05) is 0 Å². The van der Waals surface area contributed by atoms with Gasteiger partial charge in [0, 0.05) is 19.1 Å². The van der Waals surface area contributed by atoms with Gasteiger partial charge >= 0.3 is 0 Å². The fourth-order valence-electron chi connectivity index (χ4n) is 2.46. The largest absolute Gasteiger partial charge is 0.315 e. The highest BCUT2D eigenvalue weighted by molar-refractivity contribution is 7.90. The lowest BCUT2D eigenvalue weighted by Crippen LogP contribution is -2.47. The third-order valence-corrected chi connectivity index (χ3v) is 6.10. The highest BCUT2D eigenvalue weighted by Gasteiger charge is 2.47. The first kappa shape index (κ1) is 11.4. The monoisotopic (exact) mass is 232 g/mol. The summed E-state index contributed by atoms with van der Waals surface area (Å²) in [6.07, 6.45) is 1.01. The number of hydrogen-bond acceptors (Lipinski definition) is 3. The Morgan fingerprint density at radius 1 is 1.27 bits per heavy atom. The van der Waals surface area contributed by atoms with Gasteiger partial charge in [-0.15, -0.1) is 0 Å². The SMILES string of the molecule is CC(C)(C)S(=O)(=O)N1CC[C@H]2CNC[C@H]21. The van der Waals surface area contributed by atoms with Gasteiger partial charge in [0.05, 0.1) is 4.75 Å².